The van der Waals surface area contributed by atoms with Crippen LogP contribution < -0.4 is 0 Å². The highest BCUT2D eigenvalue weighted by Gasteiger charge is 2.29. The fourth-order valence-corrected chi connectivity index (χ4v) is 12.9. The second-order valence-electron chi connectivity index (χ2n) is 27.9. The molecule has 0 heterocycles. The average Bonchev–Trinajstić information content (AvgIpc) is 0.940. The van der Waals surface area contributed by atoms with E-state index < -0.39 is 91.5 Å². The minimum atomic E-state index is -4.94. The summed E-state index contributed by atoms with van der Waals surface area (Å²) in [4.78, 5) is 58.7. The van der Waals surface area contributed by atoms with Crippen molar-refractivity contribution in [3.63, 3.8) is 0 Å². The number of hydrogen-bond acceptors (Lipinski definition) is 14. The summed E-state index contributed by atoms with van der Waals surface area (Å²) in [5.74, 6) is -1.59. The molecule has 606 valence electrons. The number of allylic oxidation sites excluding steroid dienone is 20. The van der Waals surface area contributed by atoms with Crippen LogP contribution in [0.5, 0.6) is 0 Å². The van der Waals surface area contributed by atoms with Gasteiger partial charge in [0.25, 0.3) is 0 Å². The Morgan fingerprint density at radius 1 is 0.276 bits per heavy atom. The Balaban J connectivity index is 4.46. The molecule has 0 rings (SSSR count). The smallest absolute Gasteiger partial charge is 0.463 e. The van der Waals surface area contributed by atoms with Crippen LogP contribution in [0.15, 0.2) is 122 Å². The summed E-state index contributed by atoms with van der Waals surface area (Å²) >= 11 is 0. The second kappa shape index (κ2) is 79.5. The highest BCUT2D eigenvalue weighted by Crippen LogP contribution is 2.45. The van der Waals surface area contributed by atoms with Crippen LogP contribution in [0.25, 0.3) is 0 Å². The lowest BCUT2D eigenvalue weighted by molar-refractivity contribution is -0.161. The van der Waals surface area contributed by atoms with E-state index in [0.717, 1.165) is 141 Å². The summed E-state index contributed by atoms with van der Waals surface area (Å²) in [7, 11) is -9.80. The molecule has 5 unspecified atom stereocenters. The summed E-state index contributed by atoms with van der Waals surface area (Å²) in [5.41, 5.74) is 0. The van der Waals surface area contributed by atoms with E-state index in [1.165, 1.54) is 154 Å². The number of hydrogen-bond donors (Lipinski definition) is 4. The molecular formula is C87H152O16P2. The van der Waals surface area contributed by atoms with Gasteiger partial charge in [-0.25, -0.2) is 9.13 Å². The van der Waals surface area contributed by atoms with Gasteiger partial charge in [-0.15, -0.1) is 0 Å². The zero-order valence-electron chi connectivity index (χ0n) is 66.4. The first-order chi connectivity index (χ1) is 51.2. The fraction of sp³-hybridized carbons (Fsp3) is 0.736. The van der Waals surface area contributed by atoms with Crippen LogP contribution in [0.4, 0.5) is 0 Å². The number of ether oxygens (including phenoxy) is 3. The third-order valence-corrected chi connectivity index (χ3v) is 19.5. The zero-order chi connectivity index (χ0) is 76.6. The molecule has 0 fully saturated rings. The van der Waals surface area contributed by atoms with Gasteiger partial charge in [0, 0.05) is 19.3 Å². The van der Waals surface area contributed by atoms with Crippen molar-refractivity contribution < 1.29 is 75.8 Å². The Bertz CT molecular complexity index is 2390. The van der Waals surface area contributed by atoms with Crippen molar-refractivity contribution in [2.24, 2.45) is 0 Å². The van der Waals surface area contributed by atoms with E-state index in [-0.39, 0.29) is 19.3 Å². The van der Waals surface area contributed by atoms with E-state index in [1.54, 1.807) is 0 Å². The van der Waals surface area contributed by atoms with E-state index in [9.17, 15) is 43.5 Å². The molecule has 0 aliphatic rings. The summed E-state index contributed by atoms with van der Waals surface area (Å²) < 4.78 is 61.2. The van der Waals surface area contributed by atoms with E-state index in [1.807, 2.05) is 0 Å². The fourth-order valence-electron chi connectivity index (χ4n) is 11.3. The van der Waals surface area contributed by atoms with Gasteiger partial charge >= 0.3 is 33.6 Å². The molecule has 0 bridgehead atoms. The van der Waals surface area contributed by atoms with E-state index in [2.05, 4.69) is 142 Å². The molecule has 0 aliphatic carbocycles. The summed E-state index contributed by atoms with van der Waals surface area (Å²) in [6.45, 7) is 2.54. The third-order valence-electron chi connectivity index (χ3n) is 17.6. The molecule has 0 saturated carbocycles. The highest BCUT2D eigenvalue weighted by molar-refractivity contribution is 7.47. The maximum Gasteiger partial charge on any atom is 0.472 e. The molecule has 16 nitrogen and oxygen atoms in total. The number of rotatable bonds is 79. The Kier molecular flexibility index (Phi) is 76.4. The van der Waals surface area contributed by atoms with E-state index in [4.69, 9.17) is 32.3 Å². The van der Waals surface area contributed by atoms with Crippen molar-refractivity contribution in [3.05, 3.63) is 122 Å². The molecule has 0 aromatic carbocycles. The maximum atomic E-state index is 13.0. The van der Waals surface area contributed by atoms with Gasteiger partial charge in [0.05, 0.1) is 26.4 Å². The number of carbonyl (C=O) groups excluding carboxylic acids is 3. The van der Waals surface area contributed by atoms with Crippen LogP contribution in [0.3, 0.4) is 0 Å². The monoisotopic (exact) mass is 1520 g/mol. The number of aliphatic hydroxyl groups is 2. The minimum absolute atomic E-state index is 0.0899. The van der Waals surface area contributed by atoms with Crippen molar-refractivity contribution in [1.82, 2.24) is 0 Å². The summed E-state index contributed by atoms with van der Waals surface area (Å²) in [6, 6.07) is 0. The normalized spacial score (nSPS) is 14.5. The molecule has 105 heavy (non-hydrogen) atoms. The first kappa shape index (κ1) is 101. The van der Waals surface area contributed by atoms with Crippen LogP contribution in [0.1, 0.15) is 355 Å². The molecule has 0 radical (unpaired) electrons. The molecule has 0 aromatic heterocycles. The molecule has 0 aliphatic heterocycles. The van der Waals surface area contributed by atoms with Gasteiger partial charge in [0.15, 0.2) is 6.10 Å². The van der Waals surface area contributed by atoms with Gasteiger partial charge in [-0.05, 0) is 135 Å². The number of unbranched alkanes of at least 4 members (excludes halogenated alkanes) is 36. The standard InChI is InChI=1S/C87H152O16P2/c1-4-7-10-13-16-19-22-25-28-30-32-34-35-36-37-38-39-40-41-42-43-44-45-47-49-50-53-55-58-61-64-67-70-73-85(90)97-76-82(88)77-99-104(93,94)100-78-83(89)79-101-105(95,96)102-81-84(103-87(92)75-72-69-66-63-60-57-52-27-24-21-18-15-12-9-6-3)80-98-86(91)74-71-68-65-62-59-56-54-51-48-46-33-31-29-26-23-20-17-14-11-8-5-2/h7,10,16-17,19-20,25-29,32-34,36-37,46,51-52,54,82-84,88-89H,4-6,8-9,11-15,18,21-24,30-31,35,38-45,47-50,53,55-81H2,1-3H3,(H,93,94)(H,95,96)/b10-7-,19-16-,20-17-,28-25-,29-26-,34-32-,37-36-,46-33-,52-27-,54-51-. The SMILES string of the molecule is CC/C=C\C/C=C\C/C=C\C/C=C\C/C=C\CCCCCCCCCCCCCCCCCCCC(=O)OCC(O)COP(=O)(O)OCC(O)COP(=O)(O)OCC(COC(=O)CCCCCCC/C=C\C/C=C\C/C=C\C/C=C\CCCCC)OC(=O)CCCCCCC/C=C\CCCCCCCC. The Morgan fingerprint density at radius 2 is 0.505 bits per heavy atom. The van der Waals surface area contributed by atoms with Gasteiger partial charge in [-0.3, -0.25) is 32.5 Å². The lowest BCUT2D eigenvalue weighted by atomic mass is 10.0. The molecule has 0 amide bonds. The average molecular weight is 1520 g/mol. The van der Waals surface area contributed by atoms with E-state index in [0.29, 0.717) is 19.3 Å². The molecule has 4 N–H and O–H groups in total. The van der Waals surface area contributed by atoms with Crippen molar-refractivity contribution in [2.45, 2.75) is 373 Å². The number of esters is 3. The number of carbonyl (C=O) groups is 3. The van der Waals surface area contributed by atoms with Crippen LogP contribution in [-0.4, -0.2) is 95.9 Å². The molecule has 18 heteroatoms. The third kappa shape index (κ3) is 80.8. The quantitative estimate of drug-likeness (QED) is 0.0146. The highest BCUT2D eigenvalue weighted by atomic mass is 31.2. The van der Waals surface area contributed by atoms with Gasteiger partial charge in [-0.1, -0.05) is 322 Å². The predicted molar refractivity (Wildman–Crippen MR) is 436 cm³/mol. The molecular weight excluding hydrogens is 1360 g/mol. The van der Waals surface area contributed by atoms with Crippen LogP contribution in [0, 0.1) is 0 Å². The number of phosphoric acid groups is 2. The summed E-state index contributed by atoms with van der Waals surface area (Å²) in [5, 5.41) is 20.7. The molecule has 0 spiro atoms. The molecule has 0 aromatic rings. The van der Waals surface area contributed by atoms with Crippen molar-refractivity contribution in [2.75, 3.05) is 39.6 Å². The van der Waals surface area contributed by atoms with E-state index >= 15 is 0 Å². The molecule has 5 atom stereocenters. The predicted octanol–water partition coefficient (Wildman–Crippen LogP) is 24.9. The first-order valence-electron chi connectivity index (χ1n) is 41.8. The van der Waals surface area contributed by atoms with Crippen molar-refractivity contribution >= 4 is 33.6 Å². The zero-order valence-corrected chi connectivity index (χ0v) is 68.2. The number of phosphoric ester groups is 2. The largest absolute Gasteiger partial charge is 0.472 e. The Morgan fingerprint density at radius 3 is 0.829 bits per heavy atom. The topological polar surface area (TPSA) is 231 Å². The van der Waals surface area contributed by atoms with Gasteiger partial charge in [0.2, 0.25) is 0 Å². The lowest BCUT2D eigenvalue weighted by Crippen LogP contribution is -2.30. The summed E-state index contributed by atoms with van der Waals surface area (Å²) in [6.07, 6.45) is 95.4. The van der Waals surface area contributed by atoms with Crippen molar-refractivity contribution in [3.8, 4) is 0 Å². The van der Waals surface area contributed by atoms with Gasteiger partial charge in [-0.2, -0.15) is 0 Å². The second-order valence-corrected chi connectivity index (χ2v) is 30.8. The first-order valence-corrected chi connectivity index (χ1v) is 44.8. The van der Waals surface area contributed by atoms with Crippen molar-refractivity contribution in [1.29, 1.82) is 0 Å². The van der Waals surface area contributed by atoms with Crippen LogP contribution >= 0.6 is 15.6 Å². The van der Waals surface area contributed by atoms with Crippen LogP contribution in [0.2, 0.25) is 0 Å². The van der Waals surface area contributed by atoms with Gasteiger partial charge < -0.3 is 34.2 Å². The minimum Gasteiger partial charge on any atom is -0.463 e. The van der Waals surface area contributed by atoms with Gasteiger partial charge in [0.1, 0.15) is 25.4 Å². The maximum absolute atomic E-state index is 13.0. The number of aliphatic hydroxyl groups excluding tert-OH is 2. The Labute approximate surface area is 640 Å². The van der Waals surface area contributed by atoms with Crippen LogP contribution in [-0.2, 0) is 55.8 Å². The molecule has 0 saturated heterocycles. The Hall–Kier alpha value is -4.05. The lowest BCUT2D eigenvalue weighted by Gasteiger charge is -2.21.